The first kappa shape index (κ1) is 9.65. The van der Waals surface area contributed by atoms with E-state index in [1.54, 1.807) is 4.90 Å². The van der Waals surface area contributed by atoms with Crippen molar-refractivity contribution in [2.24, 2.45) is 5.92 Å². The van der Waals surface area contributed by atoms with Crippen LogP contribution in [-0.2, 0) is 11.2 Å². The molecule has 1 saturated heterocycles. The van der Waals surface area contributed by atoms with E-state index in [9.17, 15) is 4.79 Å². The topological polar surface area (TPSA) is 83.0 Å². The zero-order chi connectivity index (χ0) is 10.7. The molecule has 0 bridgehead atoms. The van der Waals surface area contributed by atoms with Crippen LogP contribution < -0.4 is 0 Å². The van der Waals surface area contributed by atoms with Gasteiger partial charge in [-0.3, -0.25) is 4.79 Å². The van der Waals surface area contributed by atoms with Crippen LogP contribution in [0.2, 0.25) is 0 Å². The van der Waals surface area contributed by atoms with Crippen LogP contribution in [0, 0.1) is 17.2 Å². The number of nitriles is 1. The van der Waals surface area contributed by atoms with E-state index < -0.39 is 0 Å². The quantitative estimate of drug-likeness (QED) is 0.694. The number of carbonyl (C=O) groups excluding carboxylic acids is 1. The fourth-order valence-electron chi connectivity index (χ4n) is 1.61. The van der Waals surface area contributed by atoms with Crippen LogP contribution in [-0.4, -0.2) is 34.0 Å². The van der Waals surface area contributed by atoms with Gasteiger partial charge in [0.2, 0.25) is 11.8 Å². The lowest BCUT2D eigenvalue weighted by molar-refractivity contribution is -0.127. The molecule has 0 N–H and O–H groups in total. The van der Waals surface area contributed by atoms with Crippen molar-refractivity contribution in [2.45, 2.75) is 12.8 Å². The molecule has 1 aliphatic rings. The van der Waals surface area contributed by atoms with Crippen LogP contribution in [0.15, 0.2) is 10.9 Å². The highest BCUT2D eigenvalue weighted by molar-refractivity contribution is 5.79. The fraction of sp³-hybridized carbons (Fsp3) is 0.556. The van der Waals surface area contributed by atoms with Gasteiger partial charge in [-0.2, -0.15) is 10.2 Å². The first-order valence-electron chi connectivity index (χ1n) is 4.72. The number of likely N-dealkylation sites (tertiary alicyclic amines) is 1. The predicted octanol–water partition coefficient (Wildman–Crippen LogP) is -0.0158. The summed E-state index contributed by atoms with van der Waals surface area (Å²) in [4.78, 5) is 16.9. The third-order valence-corrected chi connectivity index (χ3v) is 2.40. The molecule has 1 unspecified atom stereocenters. The summed E-state index contributed by atoms with van der Waals surface area (Å²) >= 11 is 0. The van der Waals surface area contributed by atoms with Crippen LogP contribution in [0.5, 0.6) is 0 Å². The number of amides is 1. The van der Waals surface area contributed by atoms with Crippen molar-refractivity contribution in [3.05, 3.63) is 12.2 Å². The van der Waals surface area contributed by atoms with Crippen molar-refractivity contribution >= 4 is 5.91 Å². The van der Waals surface area contributed by atoms with Crippen molar-refractivity contribution in [2.75, 3.05) is 13.1 Å². The lowest BCUT2D eigenvalue weighted by Crippen LogP contribution is -2.27. The van der Waals surface area contributed by atoms with Crippen LogP contribution in [0.25, 0.3) is 0 Å². The van der Waals surface area contributed by atoms with Gasteiger partial charge in [0, 0.05) is 25.9 Å². The maximum atomic E-state index is 11.4. The summed E-state index contributed by atoms with van der Waals surface area (Å²) in [6.45, 7) is 1.06. The Bertz CT molecular complexity index is 381. The molecule has 1 aromatic heterocycles. The molecule has 2 rings (SSSR count). The second-order valence-corrected chi connectivity index (χ2v) is 3.45. The van der Waals surface area contributed by atoms with Crippen LogP contribution in [0.4, 0.5) is 0 Å². The number of hydrogen-bond donors (Lipinski definition) is 0. The van der Waals surface area contributed by atoms with Gasteiger partial charge in [0.1, 0.15) is 0 Å². The van der Waals surface area contributed by atoms with Crippen LogP contribution in [0.1, 0.15) is 12.3 Å². The predicted molar refractivity (Wildman–Crippen MR) is 48.3 cm³/mol. The molecular formula is C9H10N4O2. The average Bonchev–Trinajstić information content (AvgIpc) is 2.84. The molecule has 1 aliphatic heterocycles. The number of aromatic nitrogens is 2. The molecule has 1 amide bonds. The Hall–Kier alpha value is -1.90. The van der Waals surface area contributed by atoms with E-state index in [-0.39, 0.29) is 11.8 Å². The van der Waals surface area contributed by atoms with Crippen LogP contribution in [0.3, 0.4) is 0 Å². The molecule has 15 heavy (non-hydrogen) atoms. The molecule has 6 nitrogen and oxygen atoms in total. The van der Waals surface area contributed by atoms with Crippen molar-refractivity contribution in [1.82, 2.24) is 15.0 Å². The molecule has 0 radical (unpaired) electrons. The summed E-state index contributed by atoms with van der Waals surface area (Å²) in [6.07, 6.45) is 2.21. The van der Waals surface area contributed by atoms with E-state index in [1.807, 2.05) is 0 Å². The lowest BCUT2D eigenvalue weighted by Gasteiger charge is -2.13. The summed E-state index contributed by atoms with van der Waals surface area (Å²) in [5.74, 6) is 0.379. The maximum Gasteiger partial charge on any atom is 0.228 e. The van der Waals surface area contributed by atoms with Gasteiger partial charge in [0.15, 0.2) is 6.33 Å². The zero-order valence-corrected chi connectivity index (χ0v) is 8.09. The SMILES string of the molecule is N#CC1CC(=O)N(CCc2ncno2)C1. The second-order valence-electron chi connectivity index (χ2n) is 3.45. The molecule has 1 fully saturated rings. The largest absolute Gasteiger partial charge is 0.341 e. The Kier molecular flexibility index (Phi) is 2.63. The highest BCUT2D eigenvalue weighted by Crippen LogP contribution is 2.16. The molecule has 0 aromatic carbocycles. The Morgan fingerprint density at radius 3 is 3.20 bits per heavy atom. The third kappa shape index (κ3) is 2.13. The first-order chi connectivity index (χ1) is 7.29. The average molecular weight is 206 g/mol. The van der Waals surface area contributed by atoms with Gasteiger partial charge in [-0.1, -0.05) is 5.16 Å². The first-order valence-corrected chi connectivity index (χ1v) is 4.72. The van der Waals surface area contributed by atoms with E-state index in [1.165, 1.54) is 6.33 Å². The van der Waals surface area contributed by atoms with Gasteiger partial charge < -0.3 is 9.42 Å². The molecular weight excluding hydrogens is 196 g/mol. The minimum atomic E-state index is -0.166. The Balaban J connectivity index is 1.86. The third-order valence-electron chi connectivity index (χ3n) is 2.40. The van der Waals surface area contributed by atoms with Gasteiger partial charge >= 0.3 is 0 Å². The minimum absolute atomic E-state index is 0.0288. The Morgan fingerprint density at radius 2 is 2.60 bits per heavy atom. The van der Waals surface area contributed by atoms with Crippen LogP contribution >= 0.6 is 0 Å². The smallest absolute Gasteiger partial charge is 0.228 e. The Morgan fingerprint density at radius 1 is 1.73 bits per heavy atom. The standard InChI is InChI=1S/C9H10N4O2/c10-4-7-3-9(14)13(5-7)2-1-8-11-6-12-15-8/h6-7H,1-3,5H2. The highest BCUT2D eigenvalue weighted by Gasteiger charge is 2.29. The summed E-state index contributed by atoms with van der Waals surface area (Å²) < 4.78 is 4.82. The Labute approximate surface area is 86.5 Å². The van der Waals surface area contributed by atoms with Gasteiger partial charge in [-0.05, 0) is 0 Å². The van der Waals surface area contributed by atoms with E-state index in [0.717, 1.165) is 0 Å². The fourth-order valence-corrected chi connectivity index (χ4v) is 1.61. The molecule has 6 heteroatoms. The van der Waals surface area contributed by atoms with Crippen molar-refractivity contribution in [3.63, 3.8) is 0 Å². The molecule has 1 aromatic rings. The molecule has 0 aliphatic carbocycles. The van der Waals surface area contributed by atoms with Crippen molar-refractivity contribution in [3.8, 4) is 6.07 Å². The monoisotopic (exact) mass is 206 g/mol. The molecule has 0 saturated carbocycles. The normalized spacial score (nSPS) is 20.6. The van der Waals surface area contributed by atoms with E-state index in [4.69, 9.17) is 9.78 Å². The van der Waals surface area contributed by atoms with Gasteiger partial charge in [-0.15, -0.1) is 0 Å². The molecule has 78 valence electrons. The summed E-state index contributed by atoms with van der Waals surface area (Å²) in [6, 6.07) is 2.10. The maximum absolute atomic E-state index is 11.4. The van der Waals surface area contributed by atoms with E-state index in [0.29, 0.717) is 31.8 Å². The lowest BCUT2D eigenvalue weighted by atomic mass is 10.1. The minimum Gasteiger partial charge on any atom is -0.341 e. The summed E-state index contributed by atoms with van der Waals surface area (Å²) in [7, 11) is 0. The van der Waals surface area contributed by atoms with Crippen molar-refractivity contribution < 1.29 is 9.32 Å². The highest BCUT2D eigenvalue weighted by atomic mass is 16.5. The van der Waals surface area contributed by atoms with Gasteiger partial charge in [0.05, 0.1) is 12.0 Å². The van der Waals surface area contributed by atoms with E-state index in [2.05, 4.69) is 16.2 Å². The number of carbonyl (C=O) groups is 1. The summed E-state index contributed by atoms with van der Waals surface area (Å²) in [5, 5.41) is 12.2. The van der Waals surface area contributed by atoms with Crippen molar-refractivity contribution in [1.29, 1.82) is 5.26 Å². The number of nitrogens with zero attached hydrogens (tertiary/aromatic N) is 4. The molecule has 2 heterocycles. The van der Waals surface area contributed by atoms with E-state index >= 15 is 0 Å². The number of rotatable bonds is 3. The molecule has 0 spiro atoms. The molecule has 1 atom stereocenters. The second kappa shape index (κ2) is 4.09. The zero-order valence-electron chi connectivity index (χ0n) is 8.09. The summed E-state index contributed by atoms with van der Waals surface area (Å²) in [5.41, 5.74) is 0. The van der Waals surface area contributed by atoms with Gasteiger partial charge in [-0.25, -0.2) is 0 Å². The number of hydrogen-bond acceptors (Lipinski definition) is 5. The van der Waals surface area contributed by atoms with Gasteiger partial charge in [0.25, 0.3) is 0 Å².